The Morgan fingerprint density at radius 2 is 1.62 bits per heavy atom. The van der Waals surface area contributed by atoms with Gasteiger partial charge in [0.1, 0.15) is 0 Å². The molecule has 4 nitrogen and oxygen atoms in total. The topological polar surface area (TPSA) is 78.3 Å². The highest BCUT2D eigenvalue weighted by Crippen LogP contribution is 2.26. The highest BCUT2D eigenvalue weighted by atomic mass is 16.5. The van der Waals surface area contributed by atoms with Gasteiger partial charge < -0.3 is 21.7 Å². The van der Waals surface area contributed by atoms with E-state index in [0.717, 1.165) is 30.7 Å². The minimum atomic E-state index is 0.0726. The second-order valence-electron chi connectivity index (χ2n) is 4.49. The molecule has 1 fully saturated rings. The molecule has 0 saturated heterocycles. The van der Waals surface area contributed by atoms with Crippen LogP contribution in [0.15, 0.2) is 24.3 Å². The van der Waals surface area contributed by atoms with E-state index in [1.165, 1.54) is 0 Å². The van der Waals surface area contributed by atoms with E-state index in [1.54, 1.807) is 24.3 Å². The molecule has 0 aliphatic heterocycles. The summed E-state index contributed by atoms with van der Waals surface area (Å²) in [6, 6.07) is 7.41. The Labute approximate surface area is 95.8 Å². The minimum absolute atomic E-state index is 0.0726. The van der Waals surface area contributed by atoms with E-state index < -0.39 is 0 Å². The summed E-state index contributed by atoms with van der Waals surface area (Å²) in [5.41, 5.74) is 12.8. The summed E-state index contributed by atoms with van der Waals surface area (Å²) in [7, 11) is 0. The number of hydrogen-bond acceptors (Lipinski definition) is 4. The third kappa shape index (κ3) is 2.46. The molecule has 0 unspecified atom stereocenters. The van der Waals surface area contributed by atoms with Crippen LogP contribution in [0.4, 0.5) is 11.4 Å². The second kappa shape index (κ2) is 4.72. The number of anilines is 2. The summed E-state index contributed by atoms with van der Waals surface area (Å²) >= 11 is 0. The quantitative estimate of drug-likeness (QED) is 0.589. The first-order valence-electron chi connectivity index (χ1n) is 5.74. The Kier molecular flexibility index (Phi) is 3.31. The summed E-state index contributed by atoms with van der Waals surface area (Å²) in [5.74, 6) is 0. The summed E-state index contributed by atoms with van der Waals surface area (Å²) < 4.78 is 0. The molecule has 1 aromatic carbocycles. The summed E-state index contributed by atoms with van der Waals surface area (Å²) in [6.45, 7) is 0. The molecule has 88 valence electrons. The van der Waals surface area contributed by atoms with Gasteiger partial charge >= 0.3 is 0 Å². The lowest BCUT2D eigenvalue weighted by Gasteiger charge is -2.42. The number of hydrogen-bond donors (Lipinski definition) is 2. The van der Waals surface area contributed by atoms with Gasteiger partial charge in [0.15, 0.2) is 0 Å². The third-order valence-corrected chi connectivity index (χ3v) is 3.22. The van der Waals surface area contributed by atoms with Gasteiger partial charge in [0, 0.05) is 23.5 Å². The van der Waals surface area contributed by atoms with Crippen LogP contribution in [0.1, 0.15) is 25.7 Å². The first kappa shape index (κ1) is 11.2. The SMILES string of the molecule is Nc1ccc(N([O-])C2CCC(N)CC2)cc1. The van der Waals surface area contributed by atoms with Crippen molar-refractivity contribution in [1.29, 1.82) is 0 Å². The molecule has 1 aliphatic carbocycles. The first-order chi connectivity index (χ1) is 7.66. The largest absolute Gasteiger partial charge is 0.758 e. The van der Waals surface area contributed by atoms with Gasteiger partial charge in [-0.1, -0.05) is 0 Å². The van der Waals surface area contributed by atoms with E-state index in [0.29, 0.717) is 11.4 Å². The fourth-order valence-corrected chi connectivity index (χ4v) is 2.17. The van der Waals surface area contributed by atoms with Gasteiger partial charge in [-0.15, -0.1) is 0 Å². The van der Waals surface area contributed by atoms with E-state index in [9.17, 15) is 5.21 Å². The van der Waals surface area contributed by atoms with Crippen molar-refractivity contribution in [3.8, 4) is 0 Å². The molecule has 1 aliphatic rings. The number of nitrogens with two attached hydrogens (primary N) is 2. The Balaban J connectivity index is 2.01. The second-order valence-corrected chi connectivity index (χ2v) is 4.49. The average Bonchev–Trinajstić information content (AvgIpc) is 2.30. The zero-order valence-corrected chi connectivity index (χ0v) is 9.30. The molecular formula is C12H18N3O-. The summed E-state index contributed by atoms with van der Waals surface area (Å²) in [5, 5.41) is 13.2. The van der Waals surface area contributed by atoms with Gasteiger partial charge in [-0.05, 0) is 49.9 Å². The first-order valence-corrected chi connectivity index (χ1v) is 5.74. The van der Waals surface area contributed by atoms with Gasteiger partial charge in [-0.2, -0.15) is 0 Å². The van der Waals surface area contributed by atoms with Crippen molar-refractivity contribution >= 4 is 11.4 Å². The molecular weight excluding hydrogens is 202 g/mol. The smallest absolute Gasteiger partial charge is 0.0315 e. The van der Waals surface area contributed by atoms with E-state index in [1.807, 2.05) is 0 Å². The Hall–Kier alpha value is -1.26. The van der Waals surface area contributed by atoms with Crippen molar-refractivity contribution in [2.45, 2.75) is 37.8 Å². The molecule has 1 aromatic rings. The summed E-state index contributed by atoms with van der Waals surface area (Å²) in [4.78, 5) is 0. The van der Waals surface area contributed by atoms with Crippen molar-refractivity contribution in [2.75, 3.05) is 10.8 Å². The van der Waals surface area contributed by atoms with Crippen LogP contribution in [0.3, 0.4) is 0 Å². The maximum atomic E-state index is 12.1. The molecule has 0 radical (unpaired) electrons. The summed E-state index contributed by atoms with van der Waals surface area (Å²) in [6.07, 6.45) is 3.65. The molecule has 0 spiro atoms. The number of benzene rings is 1. The monoisotopic (exact) mass is 220 g/mol. The Morgan fingerprint density at radius 3 is 2.19 bits per heavy atom. The minimum Gasteiger partial charge on any atom is -0.758 e. The molecule has 0 bridgehead atoms. The lowest BCUT2D eigenvalue weighted by atomic mass is 9.91. The normalized spacial score (nSPS) is 25.4. The van der Waals surface area contributed by atoms with Crippen molar-refractivity contribution in [3.63, 3.8) is 0 Å². The molecule has 2 rings (SSSR count). The highest BCUT2D eigenvalue weighted by Gasteiger charge is 2.19. The van der Waals surface area contributed by atoms with Crippen molar-refractivity contribution < 1.29 is 0 Å². The van der Waals surface area contributed by atoms with E-state index in [2.05, 4.69) is 0 Å². The molecule has 0 heterocycles. The van der Waals surface area contributed by atoms with Crippen LogP contribution >= 0.6 is 0 Å². The van der Waals surface area contributed by atoms with Gasteiger partial charge in [0.05, 0.1) is 0 Å². The van der Waals surface area contributed by atoms with Crippen LogP contribution in [-0.4, -0.2) is 12.1 Å². The number of nitrogen functional groups attached to an aromatic ring is 1. The van der Waals surface area contributed by atoms with Crippen molar-refractivity contribution in [1.82, 2.24) is 0 Å². The number of rotatable bonds is 2. The molecule has 1 saturated carbocycles. The predicted molar refractivity (Wildman–Crippen MR) is 66.9 cm³/mol. The molecule has 4 heteroatoms. The maximum Gasteiger partial charge on any atom is 0.0315 e. The lowest BCUT2D eigenvalue weighted by Crippen LogP contribution is -2.37. The van der Waals surface area contributed by atoms with E-state index >= 15 is 0 Å². The van der Waals surface area contributed by atoms with Crippen LogP contribution in [-0.2, 0) is 0 Å². The lowest BCUT2D eigenvalue weighted by molar-refractivity contribution is 0.390. The van der Waals surface area contributed by atoms with Crippen LogP contribution in [0.25, 0.3) is 0 Å². The third-order valence-electron chi connectivity index (χ3n) is 3.22. The molecule has 4 N–H and O–H groups in total. The number of hydroxylamine groups is 1. The van der Waals surface area contributed by atoms with Gasteiger partial charge in [0.2, 0.25) is 0 Å². The van der Waals surface area contributed by atoms with Gasteiger partial charge in [0.25, 0.3) is 0 Å². The number of nitrogens with zero attached hydrogens (tertiary/aromatic N) is 1. The fraction of sp³-hybridized carbons (Fsp3) is 0.500. The predicted octanol–water partition coefficient (Wildman–Crippen LogP) is 1.84. The van der Waals surface area contributed by atoms with E-state index in [-0.39, 0.29) is 12.1 Å². The van der Waals surface area contributed by atoms with Crippen molar-refractivity contribution in [2.24, 2.45) is 5.73 Å². The van der Waals surface area contributed by atoms with Crippen LogP contribution in [0.5, 0.6) is 0 Å². The van der Waals surface area contributed by atoms with Crippen molar-refractivity contribution in [3.05, 3.63) is 29.5 Å². The van der Waals surface area contributed by atoms with E-state index in [4.69, 9.17) is 11.5 Å². The average molecular weight is 220 g/mol. The molecule has 0 amide bonds. The van der Waals surface area contributed by atoms with Gasteiger partial charge in [-0.3, -0.25) is 0 Å². The zero-order valence-electron chi connectivity index (χ0n) is 9.30. The standard InChI is InChI=1S/C12H18N3O/c13-9-1-5-11(6-2-9)15(16)12-7-3-10(14)4-8-12/h1-2,5-6,10,12H,3-4,7-8,13-14H2/q-1. The maximum absolute atomic E-state index is 12.1. The fourth-order valence-electron chi connectivity index (χ4n) is 2.17. The molecule has 16 heavy (non-hydrogen) atoms. The van der Waals surface area contributed by atoms with Gasteiger partial charge in [-0.25, -0.2) is 0 Å². The van der Waals surface area contributed by atoms with Crippen LogP contribution < -0.4 is 16.5 Å². The Morgan fingerprint density at radius 1 is 1.06 bits per heavy atom. The molecule has 0 atom stereocenters. The zero-order chi connectivity index (χ0) is 11.5. The van der Waals surface area contributed by atoms with Crippen LogP contribution in [0, 0.1) is 5.21 Å². The van der Waals surface area contributed by atoms with Crippen LogP contribution in [0.2, 0.25) is 0 Å². The highest BCUT2D eigenvalue weighted by molar-refractivity contribution is 5.54. The molecule has 0 aromatic heterocycles. The Bertz CT molecular complexity index is 331.